The van der Waals surface area contributed by atoms with Crippen LogP contribution in [-0.2, 0) is 11.2 Å². The highest BCUT2D eigenvalue weighted by Gasteiger charge is 2.16. The molecule has 0 spiro atoms. The Bertz CT molecular complexity index is 712. The van der Waals surface area contributed by atoms with Gasteiger partial charge in [0, 0.05) is 13.0 Å². The van der Waals surface area contributed by atoms with E-state index in [1.807, 2.05) is 12.3 Å². The molecule has 21 heavy (non-hydrogen) atoms. The topological polar surface area (TPSA) is 81.4 Å². The number of nitrogens with zero attached hydrogens (tertiary/aromatic N) is 1. The molecule has 0 radical (unpaired) electrons. The van der Waals surface area contributed by atoms with E-state index in [1.165, 1.54) is 11.3 Å². The van der Waals surface area contributed by atoms with Crippen molar-refractivity contribution in [2.24, 2.45) is 0 Å². The molecule has 7 heteroatoms. The second-order valence-electron chi connectivity index (χ2n) is 5.67. The van der Waals surface area contributed by atoms with Crippen LogP contribution in [0, 0.1) is 6.92 Å². The number of thiophene rings is 1. The molecular formula is C14H18N2O4S. The van der Waals surface area contributed by atoms with Crippen molar-refractivity contribution in [1.82, 2.24) is 10.3 Å². The number of amides is 1. The number of hydrogen-bond acceptors (Lipinski definition) is 6. The number of aromatic nitrogens is 1. The molecule has 0 fully saturated rings. The van der Waals surface area contributed by atoms with Crippen molar-refractivity contribution < 1.29 is 13.9 Å². The molecule has 114 valence electrons. The first kappa shape index (κ1) is 15.5. The maximum atomic E-state index is 11.9. The van der Waals surface area contributed by atoms with Crippen LogP contribution in [-0.4, -0.2) is 23.2 Å². The smallest absolute Gasteiger partial charge is 0.407 e. The molecule has 0 saturated heterocycles. The van der Waals surface area contributed by atoms with Gasteiger partial charge >= 0.3 is 6.09 Å². The Kier molecular flexibility index (Phi) is 4.32. The van der Waals surface area contributed by atoms with Crippen molar-refractivity contribution in [1.29, 1.82) is 0 Å². The zero-order valence-electron chi connectivity index (χ0n) is 12.5. The molecule has 1 amide bonds. The molecule has 0 aromatic carbocycles. The molecule has 1 N–H and O–H groups in total. The van der Waals surface area contributed by atoms with Crippen molar-refractivity contribution in [2.75, 3.05) is 6.54 Å². The summed E-state index contributed by atoms with van der Waals surface area (Å²) in [6.07, 6.45) is -0.167. The average Bonchev–Trinajstić information content (AvgIpc) is 2.69. The maximum Gasteiger partial charge on any atom is 0.407 e. The minimum Gasteiger partial charge on any atom is -0.444 e. The molecule has 0 saturated carbocycles. The molecule has 2 aromatic heterocycles. The van der Waals surface area contributed by atoms with Gasteiger partial charge in [0.1, 0.15) is 5.60 Å². The lowest BCUT2D eigenvalue weighted by Crippen LogP contribution is -2.33. The number of ether oxygens (including phenoxy) is 1. The zero-order chi connectivity index (χ0) is 15.6. The van der Waals surface area contributed by atoms with Gasteiger partial charge in [-0.2, -0.15) is 4.98 Å². The molecule has 0 atom stereocenters. The molecule has 2 heterocycles. The number of carbonyl (C=O) groups is 1. The van der Waals surface area contributed by atoms with E-state index in [-0.39, 0.29) is 5.56 Å². The van der Waals surface area contributed by atoms with Crippen molar-refractivity contribution in [3.8, 4) is 0 Å². The van der Waals surface area contributed by atoms with Gasteiger partial charge in [-0.25, -0.2) is 4.79 Å². The minimum atomic E-state index is -0.539. The highest BCUT2D eigenvalue weighted by molar-refractivity contribution is 7.16. The summed E-state index contributed by atoms with van der Waals surface area (Å²) in [5.74, 6) is 0.311. The summed E-state index contributed by atoms with van der Waals surface area (Å²) < 4.78 is 10.7. The summed E-state index contributed by atoms with van der Waals surface area (Å²) >= 11 is 1.37. The first-order valence-corrected chi connectivity index (χ1v) is 7.49. The summed E-state index contributed by atoms with van der Waals surface area (Å²) in [4.78, 5) is 27.8. The van der Waals surface area contributed by atoms with Gasteiger partial charge in [0.15, 0.2) is 4.90 Å². The number of nitrogens with one attached hydrogen (secondary N) is 1. The molecule has 0 unspecified atom stereocenters. The molecule has 0 bridgehead atoms. The fourth-order valence-electron chi connectivity index (χ4n) is 1.74. The predicted octanol–water partition coefficient (Wildman–Crippen LogP) is 2.63. The normalized spacial score (nSPS) is 11.6. The van der Waals surface area contributed by atoms with Gasteiger partial charge in [-0.3, -0.25) is 4.79 Å². The molecule has 2 rings (SSSR count). The SMILES string of the molecule is Cc1csc2oc(CCNC(=O)OC(C)(C)C)nc(=O)c12. The average molecular weight is 310 g/mol. The number of aryl methyl sites for hydroxylation is 1. The Morgan fingerprint density at radius 2 is 2.19 bits per heavy atom. The summed E-state index contributed by atoms with van der Waals surface area (Å²) in [5.41, 5.74) is 0.0411. The standard InChI is InChI=1S/C14H18N2O4S/c1-8-7-21-12-10(8)11(17)16-9(19-12)5-6-15-13(18)20-14(2,3)4/h7H,5-6H2,1-4H3,(H,15,18). The third kappa shape index (κ3) is 4.04. The monoisotopic (exact) mass is 310 g/mol. The Morgan fingerprint density at radius 1 is 1.48 bits per heavy atom. The van der Waals surface area contributed by atoms with Crippen molar-refractivity contribution in [3.05, 3.63) is 27.2 Å². The molecule has 2 aromatic rings. The van der Waals surface area contributed by atoms with Gasteiger partial charge in [0.25, 0.3) is 5.56 Å². The van der Waals surface area contributed by atoms with Crippen molar-refractivity contribution >= 4 is 27.7 Å². The number of carbonyl (C=O) groups excluding carboxylic acids is 1. The van der Waals surface area contributed by atoms with E-state index >= 15 is 0 Å². The second-order valence-corrected chi connectivity index (χ2v) is 6.51. The Labute approximate surface area is 126 Å². The van der Waals surface area contributed by atoms with E-state index in [4.69, 9.17) is 9.15 Å². The predicted molar refractivity (Wildman–Crippen MR) is 80.8 cm³/mol. The molecule has 6 nitrogen and oxygen atoms in total. The van der Waals surface area contributed by atoms with E-state index in [1.54, 1.807) is 20.8 Å². The fraction of sp³-hybridized carbons (Fsp3) is 0.500. The maximum absolute atomic E-state index is 11.9. The minimum absolute atomic E-state index is 0.290. The van der Waals surface area contributed by atoms with Gasteiger partial charge < -0.3 is 14.5 Å². The van der Waals surface area contributed by atoms with Crippen molar-refractivity contribution in [3.63, 3.8) is 0 Å². The van der Waals surface area contributed by atoms with Gasteiger partial charge in [-0.05, 0) is 38.6 Å². The lowest BCUT2D eigenvalue weighted by atomic mass is 10.2. The highest BCUT2D eigenvalue weighted by Crippen LogP contribution is 2.22. The van der Waals surface area contributed by atoms with E-state index in [0.717, 1.165) is 5.56 Å². The van der Waals surface area contributed by atoms with Crippen LogP contribution in [0.4, 0.5) is 4.79 Å². The molecule has 0 aliphatic carbocycles. The fourth-order valence-corrected chi connectivity index (χ4v) is 2.66. The quantitative estimate of drug-likeness (QED) is 0.942. The van der Waals surface area contributed by atoms with E-state index in [9.17, 15) is 9.59 Å². The first-order valence-electron chi connectivity index (χ1n) is 6.61. The summed E-state index contributed by atoms with van der Waals surface area (Å²) in [5, 5.41) is 4.99. The largest absolute Gasteiger partial charge is 0.444 e. The van der Waals surface area contributed by atoms with Crippen LogP contribution in [0.2, 0.25) is 0 Å². The van der Waals surface area contributed by atoms with Crippen LogP contribution >= 0.6 is 11.3 Å². The number of hydrogen-bond donors (Lipinski definition) is 1. The van der Waals surface area contributed by atoms with Crippen molar-refractivity contribution in [2.45, 2.75) is 39.7 Å². The van der Waals surface area contributed by atoms with Crippen LogP contribution in [0.1, 0.15) is 32.2 Å². The van der Waals surface area contributed by atoms with Gasteiger partial charge in [0.05, 0.1) is 5.39 Å². The van der Waals surface area contributed by atoms with Gasteiger partial charge in [0.2, 0.25) is 5.89 Å². The second kappa shape index (κ2) is 5.85. The van der Waals surface area contributed by atoms with Crippen LogP contribution in [0.5, 0.6) is 0 Å². The van der Waals surface area contributed by atoms with Crippen LogP contribution in [0.15, 0.2) is 14.6 Å². The third-order valence-electron chi connectivity index (χ3n) is 2.60. The third-order valence-corrected chi connectivity index (χ3v) is 3.57. The van der Waals surface area contributed by atoms with Crippen LogP contribution in [0.25, 0.3) is 10.3 Å². The number of rotatable bonds is 3. The lowest BCUT2D eigenvalue weighted by molar-refractivity contribution is 0.0528. The molecule has 0 aliphatic heterocycles. The summed E-state index contributed by atoms with van der Waals surface area (Å²) in [6, 6.07) is 0. The Hall–Kier alpha value is -1.89. The van der Waals surface area contributed by atoms with Gasteiger partial charge in [-0.15, -0.1) is 11.3 Å². The first-order chi connectivity index (χ1) is 9.76. The highest BCUT2D eigenvalue weighted by atomic mass is 32.1. The molecular weight excluding hydrogens is 292 g/mol. The lowest BCUT2D eigenvalue weighted by Gasteiger charge is -2.19. The molecule has 0 aliphatic rings. The number of fused-ring (bicyclic) bond motifs is 1. The number of alkyl carbamates (subject to hydrolysis) is 1. The Balaban J connectivity index is 1.98. The van der Waals surface area contributed by atoms with Crippen LogP contribution in [0.3, 0.4) is 0 Å². The van der Waals surface area contributed by atoms with Gasteiger partial charge in [-0.1, -0.05) is 0 Å². The van der Waals surface area contributed by atoms with Crippen LogP contribution < -0.4 is 10.9 Å². The van der Waals surface area contributed by atoms with E-state index in [2.05, 4.69) is 10.3 Å². The Morgan fingerprint density at radius 3 is 2.86 bits per heavy atom. The van der Waals surface area contributed by atoms with E-state index in [0.29, 0.717) is 29.1 Å². The summed E-state index contributed by atoms with van der Waals surface area (Å²) in [6.45, 7) is 7.52. The zero-order valence-corrected chi connectivity index (χ0v) is 13.3. The summed E-state index contributed by atoms with van der Waals surface area (Å²) in [7, 11) is 0. The van der Waals surface area contributed by atoms with E-state index < -0.39 is 11.7 Å².